The maximum Gasteiger partial charge on any atom is 0.128 e. The smallest absolute Gasteiger partial charge is 0.128 e. The van der Waals surface area contributed by atoms with Gasteiger partial charge in [0.05, 0.1) is 12.7 Å². The van der Waals surface area contributed by atoms with Crippen LogP contribution in [0.5, 0.6) is 0 Å². The maximum atomic E-state index is 13.7. The number of aromatic nitrogens is 2. The standard InChI is InChI=1S/C16H22FN3/c1-12(2)8-18-9-15-10-19-20(13(15)3)11-14-6-4-5-7-16(14)17/h4-7,10,12,18H,8-9,11H2,1-3H3. The van der Waals surface area contributed by atoms with Crippen molar-refractivity contribution in [2.45, 2.75) is 33.9 Å². The van der Waals surface area contributed by atoms with Crippen molar-refractivity contribution >= 4 is 0 Å². The zero-order valence-electron chi connectivity index (χ0n) is 12.4. The van der Waals surface area contributed by atoms with Crippen LogP contribution in [0.15, 0.2) is 30.5 Å². The molecule has 0 amide bonds. The van der Waals surface area contributed by atoms with Crippen molar-refractivity contribution in [3.05, 3.63) is 53.1 Å². The Balaban J connectivity index is 2.03. The van der Waals surface area contributed by atoms with Gasteiger partial charge in [-0.2, -0.15) is 5.10 Å². The molecule has 0 radical (unpaired) electrons. The summed E-state index contributed by atoms with van der Waals surface area (Å²) in [6.45, 7) is 8.66. The molecule has 0 atom stereocenters. The van der Waals surface area contributed by atoms with Crippen LogP contribution in [0.2, 0.25) is 0 Å². The number of benzene rings is 1. The van der Waals surface area contributed by atoms with Gasteiger partial charge in [-0.05, 0) is 25.5 Å². The highest BCUT2D eigenvalue weighted by Crippen LogP contribution is 2.12. The molecule has 20 heavy (non-hydrogen) atoms. The zero-order valence-corrected chi connectivity index (χ0v) is 12.4. The van der Waals surface area contributed by atoms with Gasteiger partial charge in [-0.15, -0.1) is 0 Å². The first-order chi connectivity index (χ1) is 9.58. The molecule has 1 aromatic heterocycles. The summed E-state index contributed by atoms with van der Waals surface area (Å²) in [4.78, 5) is 0. The molecular formula is C16H22FN3. The first-order valence-corrected chi connectivity index (χ1v) is 7.03. The van der Waals surface area contributed by atoms with Crippen LogP contribution in [-0.4, -0.2) is 16.3 Å². The van der Waals surface area contributed by atoms with Gasteiger partial charge in [0, 0.05) is 23.4 Å². The molecule has 0 spiro atoms. The molecule has 0 aliphatic rings. The van der Waals surface area contributed by atoms with Gasteiger partial charge in [0.2, 0.25) is 0 Å². The van der Waals surface area contributed by atoms with Gasteiger partial charge >= 0.3 is 0 Å². The Hall–Kier alpha value is -1.68. The molecule has 1 aromatic carbocycles. The molecule has 0 unspecified atom stereocenters. The van der Waals surface area contributed by atoms with Gasteiger partial charge in [-0.3, -0.25) is 4.68 Å². The van der Waals surface area contributed by atoms with Crippen molar-refractivity contribution in [3.8, 4) is 0 Å². The SMILES string of the molecule is Cc1c(CNCC(C)C)cnn1Cc1ccccc1F. The molecule has 0 saturated heterocycles. The lowest BCUT2D eigenvalue weighted by molar-refractivity contribution is 0.550. The Morgan fingerprint density at radius 1 is 1.25 bits per heavy atom. The van der Waals surface area contributed by atoms with Crippen molar-refractivity contribution in [2.75, 3.05) is 6.54 Å². The van der Waals surface area contributed by atoms with Crippen LogP contribution in [-0.2, 0) is 13.1 Å². The lowest BCUT2D eigenvalue weighted by atomic mass is 10.2. The summed E-state index contributed by atoms with van der Waals surface area (Å²) >= 11 is 0. The fourth-order valence-corrected chi connectivity index (χ4v) is 2.10. The van der Waals surface area contributed by atoms with Crippen molar-refractivity contribution in [1.82, 2.24) is 15.1 Å². The van der Waals surface area contributed by atoms with E-state index in [2.05, 4.69) is 24.3 Å². The fraction of sp³-hybridized carbons (Fsp3) is 0.438. The first kappa shape index (κ1) is 14.7. The second kappa shape index (κ2) is 6.66. The van der Waals surface area contributed by atoms with E-state index >= 15 is 0 Å². The topological polar surface area (TPSA) is 29.9 Å². The summed E-state index contributed by atoms with van der Waals surface area (Å²) in [6, 6.07) is 6.84. The van der Waals surface area contributed by atoms with E-state index in [1.165, 1.54) is 11.6 Å². The minimum absolute atomic E-state index is 0.179. The lowest BCUT2D eigenvalue weighted by Gasteiger charge is -2.08. The predicted molar refractivity (Wildman–Crippen MR) is 79.0 cm³/mol. The molecule has 108 valence electrons. The van der Waals surface area contributed by atoms with Crippen LogP contribution in [0.1, 0.15) is 30.7 Å². The minimum Gasteiger partial charge on any atom is -0.312 e. The average molecular weight is 275 g/mol. The van der Waals surface area contributed by atoms with Crippen LogP contribution in [0.3, 0.4) is 0 Å². The monoisotopic (exact) mass is 275 g/mol. The van der Waals surface area contributed by atoms with Crippen molar-refractivity contribution in [2.24, 2.45) is 5.92 Å². The van der Waals surface area contributed by atoms with Crippen molar-refractivity contribution in [3.63, 3.8) is 0 Å². The van der Waals surface area contributed by atoms with Crippen LogP contribution < -0.4 is 5.32 Å². The van der Waals surface area contributed by atoms with E-state index in [-0.39, 0.29) is 5.82 Å². The summed E-state index contributed by atoms with van der Waals surface area (Å²) in [6.07, 6.45) is 1.86. The van der Waals surface area contributed by atoms with E-state index in [0.717, 1.165) is 18.8 Å². The molecular weight excluding hydrogens is 253 g/mol. The van der Waals surface area contributed by atoms with Crippen LogP contribution in [0.25, 0.3) is 0 Å². The summed E-state index contributed by atoms with van der Waals surface area (Å²) in [5.41, 5.74) is 2.92. The first-order valence-electron chi connectivity index (χ1n) is 7.03. The third kappa shape index (κ3) is 3.67. The predicted octanol–water partition coefficient (Wildman–Crippen LogP) is 3.12. The molecule has 1 N–H and O–H groups in total. The van der Waals surface area contributed by atoms with Gasteiger partial charge in [0.25, 0.3) is 0 Å². The number of hydrogen-bond acceptors (Lipinski definition) is 2. The van der Waals surface area contributed by atoms with Crippen LogP contribution in [0, 0.1) is 18.7 Å². The second-order valence-corrected chi connectivity index (χ2v) is 5.53. The maximum absolute atomic E-state index is 13.7. The highest BCUT2D eigenvalue weighted by Gasteiger charge is 2.08. The van der Waals surface area contributed by atoms with Gasteiger partial charge in [0.15, 0.2) is 0 Å². The number of halogens is 1. The normalized spacial score (nSPS) is 11.2. The van der Waals surface area contributed by atoms with Crippen molar-refractivity contribution in [1.29, 1.82) is 0 Å². The third-order valence-corrected chi connectivity index (χ3v) is 3.35. The largest absolute Gasteiger partial charge is 0.312 e. The van der Waals surface area contributed by atoms with Gasteiger partial charge < -0.3 is 5.32 Å². The average Bonchev–Trinajstić information content (AvgIpc) is 2.74. The molecule has 0 saturated carbocycles. The molecule has 1 heterocycles. The Kier molecular flexibility index (Phi) is 4.90. The Bertz CT molecular complexity index is 561. The van der Waals surface area contributed by atoms with Gasteiger partial charge in [-0.1, -0.05) is 32.0 Å². The fourth-order valence-electron chi connectivity index (χ4n) is 2.10. The molecule has 0 bridgehead atoms. The highest BCUT2D eigenvalue weighted by molar-refractivity contribution is 5.21. The van der Waals surface area contributed by atoms with Crippen molar-refractivity contribution < 1.29 is 4.39 Å². The third-order valence-electron chi connectivity index (χ3n) is 3.35. The highest BCUT2D eigenvalue weighted by atomic mass is 19.1. The summed E-state index contributed by atoms with van der Waals surface area (Å²) < 4.78 is 15.5. The lowest BCUT2D eigenvalue weighted by Crippen LogP contribution is -2.19. The van der Waals surface area contributed by atoms with Crippen LogP contribution >= 0.6 is 0 Å². The Morgan fingerprint density at radius 2 is 2.00 bits per heavy atom. The summed E-state index contributed by atoms with van der Waals surface area (Å²) in [5.74, 6) is 0.450. The van der Waals surface area contributed by atoms with Gasteiger partial charge in [-0.25, -0.2) is 4.39 Å². The number of rotatable bonds is 6. The van der Waals surface area contributed by atoms with E-state index in [1.807, 2.05) is 23.9 Å². The van der Waals surface area contributed by atoms with Gasteiger partial charge in [0.1, 0.15) is 5.82 Å². The quantitative estimate of drug-likeness (QED) is 0.878. The summed E-state index contributed by atoms with van der Waals surface area (Å²) in [7, 11) is 0. The zero-order chi connectivity index (χ0) is 14.5. The molecule has 2 rings (SSSR count). The number of nitrogens with zero attached hydrogens (tertiary/aromatic N) is 2. The number of nitrogens with one attached hydrogen (secondary N) is 1. The van der Waals surface area contributed by atoms with E-state index in [0.29, 0.717) is 18.0 Å². The molecule has 0 aliphatic carbocycles. The Morgan fingerprint density at radius 3 is 2.70 bits per heavy atom. The van der Waals surface area contributed by atoms with E-state index in [4.69, 9.17) is 0 Å². The molecule has 0 aliphatic heterocycles. The van der Waals surface area contributed by atoms with E-state index in [9.17, 15) is 4.39 Å². The van der Waals surface area contributed by atoms with E-state index < -0.39 is 0 Å². The molecule has 3 nitrogen and oxygen atoms in total. The minimum atomic E-state index is -0.179. The molecule has 4 heteroatoms. The molecule has 2 aromatic rings. The number of hydrogen-bond donors (Lipinski definition) is 1. The Labute approximate surface area is 119 Å². The second-order valence-electron chi connectivity index (χ2n) is 5.53. The summed E-state index contributed by atoms with van der Waals surface area (Å²) in [5, 5.41) is 7.76. The molecule has 0 fully saturated rings. The van der Waals surface area contributed by atoms with E-state index in [1.54, 1.807) is 12.1 Å². The van der Waals surface area contributed by atoms with Crippen LogP contribution in [0.4, 0.5) is 4.39 Å².